The maximum Gasteiger partial charge on any atom is 0.228 e. The molecule has 2 N–H and O–H groups in total. The van der Waals surface area contributed by atoms with Crippen LogP contribution in [0.4, 0.5) is 5.69 Å². The number of hydrogen-bond acceptors (Lipinski definition) is 2. The van der Waals surface area contributed by atoms with E-state index in [4.69, 9.17) is 11.6 Å². The summed E-state index contributed by atoms with van der Waals surface area (Å²) in [7, 11) is 0. The van der Waals surface area contributed by atoms with Gasteiger partial charge in [-0.25, -0.2) is 0 Å². The van der Waals surface area contributed by atoms with Crippen molar-refractivity contribution in [1.29, 1.82) is 0 Å². The van der Waals surface area contributed by atoms with Crippen molar-refractivity contribution < 1.29 is 4.79 Å². The SMILES string of the molecule is O=C(Cc1cccc(Cl)c1)Nc1cccc2c1CNCC2. The first kappa shape index (κ1) is 14.1. The molecule has 1 aliphatic heterocycles. The number of benzene rings is 2. The van der Waals surface area contributed by atoms with Crippen molar-refractivity contribution in [2.75, 3.05) is 11.9 Å². The lowest BCUT2D eigenvalue weighted by Gasteiger charge is -2.20. The standard InChI is InChI=1S/C17H17ClN2O/c18-14-5-1-3-12(9-14)10-17(21)20-16-6-2-4-13-7-8-19-11-15(13)16/h1-6,9,19H,7-8,10-11H2,(H,20,21). The topological polar surface area (TPSA) is 41.1 Å². The number of carbonyl (C=O) groups excluding carboxylic acids is 1. The van der Waals surface area contributed by atoms with Crippen LogP contribution in [0.5, 0.6) is 0 Å². The largest absolute Gasteiger partial charge is 0.325 e. The fourth-order valence-electron chi connectivity index (χ4n) is 2.66. The van der Waals surface area contributed by atoms with Crippen LogP contribution in [0, 0.1) is 0 Å². The molecule has 0 fully saturated rings. The molecule has 1 amide bonds. The average Bonchev–Trinajstić information content (AvgIpc) is 2.47. The van der Waals surface area contributed by atoms with Gasteiger partial charge in [-0.1, -0.05) is 35.9 Å². The highest BCUT2D eigenvalue weighted by atomic mass is 35.5. The predicted molar refractivity (Wildman–Crippen MR) is 85.6 cm³/mol. The molecule has 21 heavy (non-hydrogen) atoms. The second-order valence-electron chi connectivity index (χ2n) is 5.22. The highest BCUT2D eigenvalue weighted by Gasteiger charge is 2.14. The minimum atomic E-state index is -0.0174. The summed E-state index contributed by atoms with van der Waals surface area (Å²) >= 11 is 5.94. The molecule has 108 valence electrons. The first-order valence-electron chi connectivity index (χ1n) is 7.08. The number of nitrogens with one attached hydrogen (secondary N) is 2. The molecule has 0 spiro atoms. The van der Waals surface area contributed by atoms with Crippen LogP contribution >= 0.6 is 11.6 Å². The third kappa shape index (κ3) is 3.43. The smallest absolute Gasteiger partial charge is 0.228 e. The molecule has 0 saturated carbocycles. The van der Waals surface area contributed by atoms with Crippen LogP contribution in [0.3, 0.4) is 0 Å². The van der Waals surface area contributed by atoms with E-state index < -0.39 is 0 Å². The third-order valence-electron chi connectivity index (χ3n) is 3.67. The molecule has 0 unspecified atom stereocenters. The van der Waals surface area contributed by atoms with Gasteiger partial charge in [0.15, 0.2) is 0 Å². The van der Waals surface area contributed by atoms with Crippen LogP contribution in [-0.4, -0.2) is 12.5 Å². The normalized spacial score (nSPS) is 13.6. The lowest BCUT2D eigenvalue weighted by atomic mass is 9.99. The Hall–Kier alpha value is -1.84. The molecule has 0 aromatic heterocycles. The van der Waals surface area contributed by atoms with Crippen LogP contribution < -0.4 is 10.6 Å². The molecule has 1 aliphatic rings. The lowest BCUT2D eigenvalue weighted by Crippen LogP contribution is -2.25. The molecule has 4 heteroatoms. The highest BCUT2D eigenvalue weighted by Crippen LogP contribution is 2.23. The number of amides is 1. The van der Waals surface area contributed by atoms with Crippen molar-refractivity contribution in [3.63, 3.8) is 0 Å². The number of rotatable bonds is 3. The molecule has 0 bridgehead atoms. The van der Waals surface area contributed by atoms with Gasteiger partial charge in [-0.05, 0) is 47.9 Å². The van der Waals surface area contributed by atoms with Crippen LogP contribution in [0.25, 0.3) is 0 Å². The Morgan fingerprint density at radius 3 is 2.95 bits per heavy atom. The molecule has 0 radical (unpaired) electrons. The molecule has 0 atom stereocenters. The Morgan fingerprint density at radius 1 is 1.24 bits per heavy atom. The monoisotopic (exact) mass is 300 g/mol. The van der Waals surface area contributed by atoms with E-state index in [2.05, 4.69) is 16.7 Å². The summed E-state index contributed by atoms with van der Waals surface area (Å²) in [6.07, 6.45) is 1.34. The van der Waals surface area contributed by atoms with E-state index in [1.807, 2.05) is 36.4 Å². The molecule has 2 aromatic rings. The van der Waals surface area contributed by atoms with E-state index in [9.17, 15) is 4.79 Å². The van der Waals surface area contributed by atoms with Gasteiger partial charge in [-0.15, -0.1) is 0 Å². The van der Waals surface area contributed by atoms with Gasteiger partial charge in [-0.3, -0.25) is 4.79 Å². The van der Waals surface area contributed by atoms with E-state index in [0.29, 0.717) is 11.4 Å². The van der Waals surface area contributed by atoms with Crippen molar-refractivity contribution >= 4 is 23.2 Å². The zero-order valence-electron chi connectivity index (χ0n) is 11.7. The maximum atomic E-state index is 12.2. The van der Waals surface area contributed by atoms with E-state index in [-0.39, 0.29) is 5.91 Å². The number of anilines is 1. The summed E-state index contributed by atoms with van der Waals surface area (Å²) in [5.41, 5.74) is 4.34. The molecule has 0 aliphatic carbocycles. The number of halogens is 1. The van der Waals surface area contributed by atoms with Crippen molar-refractivity contribution in [1.82, 2.24) is 5.32 Å². The van der Waals surface area contributed by atoms with Crippen molar-refractivity contribution in [2.45, 2.75) is 19.4 Å². The summed E-state index contributed by atoms with van der Waals surface area (Å²) in [6.45, 7) is 1.80. The number of fused-ring (bicyclic) bond motifs is 1. The number of carbonyl (C=O) groups is 1. The summed E-state index contributed by atoms with van der Waals surface area (Å²) in [5, 5.41) is 7.01. The zero-order valence-corrected chi connectivity index (χ0v) is 12.4. The second kappa shape index (κ2) is 6.29. The molecular formula is C17H17ClN2O. The van der Waals surface area contributed by atoms with Gasteiger partial charge in [0.25, 0.3) is 0 Å². The van der Waals surface area contributed by atoms with Crippen LogP contribution in [0.1, 0.15) is 16.7 Å². The van der Waals surface area contributed by atoms with Gasteiger partial charge in [0.05, 0.1) is 6.42 Å². The van der Waals surface area contributed by atoms with E-state index in [1.165, 1.54) is 11.1 Å². The first-order chi connectivity index (χ1) is 10.2. The molecule has 2 aromatic carbocycles. The molecule has 3 nitrogen and oxygen atoms in total. The average molecular weight is 301 g/mol. The third-order valence-corrected chi connectivity index (χ3v) is 3.91. The zero-order chi connectivity index (χ0) is 14.7. The van der Waals surface area contributed by atoms with Crippen LogP contribution in [0.15, 0.2) is 42.5 Å². The van der Waals surface area contributed by atoms with Crippen LogP contribution in [0.2, 0.25) is 5.02 Å². The predicted octanol–water partition coefficient (Wildman–Crippen LogP) is 3.17. The fourth-order valence-corrected chi connectivity index (χ4v) is 2.87. The van der Waals surface area contributed by atoms with E-state index in [1.54, 1.807) is 0 Å². The van der Waals surface area contributed by atoms with Crippen molar-refractivity contribution in [3.05, 3.63) is 64.2 Å². The number of hydrogen-bond donors (Lipinski definition) is 2. The Kier molecular flexibility index (Phi) is 4.23. The van der Waals surface area contributed by atoms with Gasteiger partial charge in [0.1, 0.15) is 0 Å². The summed E-state index contributed by atoms with van der Waals surface area (Å²) in [4.78, 5) is 12.2. The second-order valence-corrected chi connectivity index (χ2v) is 5.66. The summed E-state index contributed by atoms with van der Waals surface area (Å²) in [6, 6.07) is 13.5. The Morgan fingerprint density at radius 2 is 2.10 bits per heavy atom. The Labute approximate surface area is 129 Å². The maximum absolute atomic E-state index is 12.2. The lowest BCUT2D eigenvalue weighted by molar-refractivity contribution is -0.115. The van der Waals surface area contributed by atoms with Crippen molar-refractivity contribution in [2.24, 2.45) is 0 Å². The fraction of sp³-hybridized carbons (Fsp3) is 0.235. The molecule has 0 saturated heterocycles. The van der Waals surface area contributed by atoms with E-state index >= 15 is 0 Å². The molecular weight excluding hydrogens is 284 g/mol. The summed E-state index contributed by atoms with van der Waals surface area (Å²) < 4.78 is 0. The quantitative estimate of drug-likeness (QED) is 0.914. The minimum absolute atomic E-state index is 0.0174. The van der Waals surface area contributed by atoms with Gasteiger partial charge in [-0.2, -0.15) is 0 Å². The van der Waals surface area contributed by atoms with Gasteiger partial charge in [0.2, 0.25) is 5.91 Å². The Balaban J connectivity index is 1.73. The molecule has 3 rings (SSSR count). The highest BCUT2D eigenvalue weighted by molar-refractivity contribution is 6.30. The van der Waals surface area contributed by atoms with Crippen LogP contribution in [-0.2, 0) is 24.2 Å². The Bertz CT molecular complexity index is 670. The van der Waals surface area contributed by atoms with Crippen molar-refractivity contribution in [3.8, 4) is 0 Å². The minimum Gasteiger partial charge on any atom is -0.325 e. The van der Waals surface area contributed by atoms with Gasteiger partial charge in [0, 0.05) is 17.3 Å². The first-order valence-corrected chi connectivity index (χ1v) is 7.46. The van der Waals surface area contributed by atoms with E-state index in [0.717, 1.165) is 30.8 Å². The summed E-state index contributed by atoms with van der Waals surface area (Å²) in [5.74, 6) is -0.0174. The molecule has 1 heterocycles. The van der Waals surface area contributed by atoms with Gasteiger partial charge >= 0.3 is 0 Å². The van der Waals surface area contributed by atoms with Gasteiger partial charge < -0.3 is 10.6 Å².